The molecule has 0 bridgehead atoms. The molecule has 1 N–H and O–H groups in total. The molecule has 1 atom stereocenters. The number of carbonyl (C=O) groups excluding carboxylic acids is 2. The molecule has 0 aromatic heterocycles. The molecule has 1 aliphatic heterocycles. The van der Waals surface area contributed by atoms with Crippen LogP contribution in [-0.4, -0.2) is 16.8 Å². The highest BCUT2D eigenvalue weighted by atomic mass is 79.9. The molecule has 4 rings (SSSR count). The molecule has 0 spiro atoms. The van der Waals surface area contributed by atoms with Crippen molar-refractivity contribution in [3.8, 4) is 0 Å². The second-order valence-electron chi connectivity index (χ2n) is 7.61. The van der Waals surface area contributed by atoms with Gasteiger partial charge in [-0.15, -0.1) is 0 Å². The van der Waals surface area contributed by atoms with Gasteiger partial charge in [0.2, 0.25) is 0 Å². The van der Waals surface area contributed by atoms with Crippen molar-refractivity contribution in [3.05, 3.63) is 97.4 Å². The van der Waals surface area contributed by atoms with Gasteiger partial charge >= 0.3 is 0 Å². The number of halogens is 3. The molecule has 3 aromatic rings. The lowest BCUT2D eigenvalue weighted by Crippen LogP contribution is -2.41. The first-order valence-electron chi connectivity index (χ1n) is 9.57. The molecule has 0 saturated carbocycles. The van der Waals surface area contributed by atoms with Crippen molar-refractivity contribution in [2.24, 2.45) is 0 Å². The zero-order chi connectivity index (χ0) is 22.3. The van der Waals surface area contributed by atoms with Gasteiger partial charge in [-0.05, 0) is 42.8 Å². The van der Waals surface area contributed by atoms with Crippen LogP contribution in [0, 0.1) is 6.92 Å². The van der Waals surface area contributed by atoms with Gasteiger partial charge in [-0.3, -0.25) is 9.59 Å². The number of hydrogen-bond acceptors (Lipinski definition) is 3. The Kier molecular flexibility index (Phi) is 5.97. The number of hydrogen-bond donors (Lipinski definition) is 1. The predicted molar refractivity (Wildman–Crippen MR) is 126 cm³/mol. The summed E-state index contributed by atoms with van der Waals surface area (Å²) in [5.41, 5.74) is 1.10. The van der Waals surface area contributed by atoms with E-state index >= 15 is 0 Å². The number of aryl methyl sites for hydroxylation is 1. The van der Waals surface area contributed by atoms with E-state index in [1.807, 2.05) is 19.1 Å². The molecular formula is C24H18BrCl2NO3. The third kappa shape index (κ3) is 4.15. The third-order valence-corrected chi connectivity index (χ3v) is 6.51. The second kappa shape index (κ2) is 8.40. The fraction of sp³-hybridized carbons (Fsp3) is 0.167. The van der Waals surface area contributed by atoms with E-state index in [4.69, 9.17) is 23.2 Å². The highest BCUT2D eigenvalue weighted by Crippen LogP contribution is 2.45. The van der Waals surface area contributed by atoms with Gasteiger partial charge in [0.25, 0.3) is 5.91 Å². The fourth-order valence-corrected chi connectivity index (χ4v) is 4.57. The predicted octanol–water partition coefficient (Wildman–Crippen LogP) is 6.07. The SMILES string of the molecule is Cc1ccc(C(=O)C[C@]2(O)C(=O)N(Cc3ccc(Cl)cc3Cl)c3ccc(Br)cc32)cc1. The smallest absolute Gasteiger partial charge is 0.264 e. The van der Waals surface area contributed by atoms with E-state index < -0.39 is 11.5 Å². The molecule has 0 fully saturated rings. The zero-order valence-corrected chi connectivity index (χ0v) is 19.6. The number of fused-ring (bicyclic) bond motifs is 1. The van der Waals surface area contributed by atoms with Gasteiger partial charge in [0.1, 0.15) is 0 Å². The Hall–Kier alpha value is -2.18. The fourth-order valence-electron chi connectivity index (χ4n) is 3.74. The number of rotatable bonds is 5. The van der Waals surface area contributed by atoms with Crippen LogP contribution in [0.15, 0.2) is 65.1 Å². The van der Waals surface area contributed by atoms with Gasteiger partial charge in [0.05, 0.1) is 18.7 Å². The lowest BCUT2D eigenvalue weighted by molar-refractivity contribution is -0.136. The Morgan fingerprint density at radius 3 is 2.45 bits per heavy atom. The standard InChI is InChI=1S/C24H18BrCl2NO3/c1-14-2-4-15(5-3-14)22(29)12-24(31)19-10-17(25)7-9-21(19)28(23(24)30)13-16-6-8-18(26)11-20(16)27/h2-11,31H,12-13H2,1H3/t24-/m1/s1. The molecule has 1 aliphatic rings. The molecule has 1 heterocycles. The molecule has 0 saturated heterocycles. The summed E-state index contributed by atoms with van der Waals surface area (Å²) in [5.74, 6) is -0.875. The maximum absolute atomic E-state index is 13.4. The molecule has 3 aromatic carbocycles. The molecule has 0 aliphatic carbocycles. The van der Waals surface area contributed by atoms with Crippen LogP contribution in [0.5, 0.6) is 0 Å². The number of ketones is 1. The van der Waals surface area contributed by atoms with Gasteiger partial charge in [0, 0.05) is 25.6 Å². The van der Waals surface area contributed by atoms with E-state index in [9.17, 15) is 14.7 Å². The van der Waals surface area contributed by atoms with E-state index in [2.05, 4.69) is 15.9 Å². The average molecular weight is 519 g/mol. The molecule has 4 nitrogen and oxygen atoms in total. The van der Waals surface area contributed by atoms with Gasteiger partial charge in [-0.1, -0.05) is 75.0 Å². The van der Waals surface area contributed by atoms with Crippen molar-refractivity contribution in [2.75, 3.05) is 4.90 Å². The van der Waals surface area contributed by atoms with E-state index in [0.29, 0.717) is 36.9 Å². The highest BCUT2D eigenvalue weighted by Gasteiger charge is 2.51. The Balaban J connectivity index is 1.71. The number of aliphatic hydroxyl groups is 1. The minimum atomic E-state index is -1.97. The molecule has 7 heteroatoms. The molecule has 0 radical (unpaired) electrons. The summed E-state index contributed by atoms with van der Waals surface area (Å²) in [5, 5.41) is 12.4. The Morgan fingerprint density at radius 2 is 1.77 bits per heavy atom. The number of amides is 1. The van der Waals surface area contributed by atoms with Gasteiger partial charge in [0.15, 0.2) is 11.4 Å². The largest absolute Gasteiger partial charge is 0.375 e. The van der Waals surface area contributed by atoms with E-state index in [1.54, 1.807) is 48.5 Å². The summed E-state index contributed by atoms with van der Waals surface area (Å²) in [6.45, 7) is 2.07. The second-order valence-corrected chi connectivity index (χ2v) is 9.37. The van der Waals surface area contributed by atoms with E-state index in [-0.39, 0.29) is 18.7 Å². The summed E-state index contributed by atoms with van der Waals surface area (Å²) < 4.78 is 0.701. The first-order valence-corrected chi connectivity index (χ1v) is 11.1. The van der Waals surface area contributed by atoms with Crippen LogP contribution in [0.1, 0.15) is 33.5 Å². The Morgan fingerprint density at radius 1 is 1.06 bits per heavy atom. The molecule has 158 valence electrons. The van der Waals surface area contributed by atoms with Crippen LogP contribution in [-0.2, 0) is 16.9 Å². The van der Waals surface area contributed by atoms with Crippen LogP contribution < -0.4 is 4.90 Å². The monoisotopic (exact) mass is 517 g/mol. The topological polar surface area (TPSA) is 57.6 Å². The minimum Gasteiger partial charge on any atom is -0.375 e. The maximum Gasteiger partial charge on any atom is 0.264 e. The van der Waals surface area contributed by atoms with Crippen molar-refractivity contribution in [1.29, 1.82) is 0 Å². The molecular weight excluding hydrogens is 501 g/mol. The maximum atomic E-state index is 13.4. The first kappa shape index (κ1) is 22.0. The number of nitrogens with zero attached hydrogens (tertiary/aromatic N) is 1. The van der Waals surface area contributed by atoms with Gasteiger partial charge in [-0.25, -0.2) is 0 Å². The first-order chi connectivity index (χ1) is 14.7. The summed E-state index contributed by atoms with van der Waals surface area (Å²) in [7, 11) is 0. The summed E-state index contributed by atoms with van der Waals surface area (Å²) in [6, 6.07) is 17.3. The number of Topliss-reactive ketones (excluding diaryl/α,β-unsaturated/α-hetero) is 1. The van der Waals surface area contributed by atoms with Crippen molar-refractivity contribution in [2.45, 2.75) is 25.5 Å². The molecule has 1 amide bonds. The van der Waals surface area contributed by atoms with Crippen LogP contribution in [0.25, 0.3) is 0 Å². The summed E-state index contributed by atoms with van der Waals surface area (Å²) in [6.07, 6.45) is -0.358. The quantitative estimate of drug-likeness (QED) is 0.417. The van der Waals surface area contributed by atoms with E-state index in [1.165, 1.54) is 4.90 Å². The molecule has 31 heavy (non-hydrogen) atoms. The average Bonchev–Trinajstić information content (AvgIpc) is 2.92. The van der Waals surface area contributed by atoms with Crippen LogP contribution >= 0.6 is 39.1 Å². The Bertz CT molecular complexity index is 1200. The minimum absolute atomic E-state index is 0.143. The third-order valence-electron chi connectivity index (χ3n) is 5.43. The van der Waals surface area contributed by atoms with Crippen molar-refractivity contribution in [1.82, 2.24) is 0 Å². The molecule has 0 unspecified atom stereocenters. The number of benzene rings is 3. The lowest BCUT2D eigenvalue weighted by atomic mass is 9.88. The van der Waals surface area contributed by atoms with Gasteiger partial charge < -0.3 is 10.0 Å². The van der Waals surface area contributed by atoms with Crippen LogP contribution in [0.2, 0.25) is 10.0 Å². The number of anilines is 1. The van der Waals surface area contributed by atoms with Crippen molar-refractivity contribution in [3.63, 3.8) is 0 Å². The Labute approximate surface area is 198 Å². The summed E-state index contributed by atoms with van der Waals surface area (Å²) >= 11 is 15.7. The highest BCUT2D eigenvalue weighted by molar-refractivity contribution is 9.10. The lowest BCUT2D eigenvalue weighted by Gasteiger charge is -2.23. The van der Waals surface area contributed by atoms with Crippen molar-refractivity contribution < 1.29 is 14.7 Å². The van der Waals surface area contributed by atoms with Crippen molar-refractivity contribution >= 4 is 56.5 Å². The van der Waals surface area contributed by atoms with Crippen LogP contribution in [0.4, 0.5) is 5.69 Å². The van der Waals surface area contributed by atoms with Crippen LogP contribution in [0.3, 0.4) is 0 Å². The number of carbonyl (C=O) groups is 2. The van der Waals surface area contributed by atoms with Gasteiger partial charge in [-0.2, -0.15) is 0 Å². The zero-order valence-electron chi connectivity index (χ0n) is 16.5. The van der Waals surface area contributed by atoms with E-state index in [0.717, 1.165) is 5.56 Å². The normalized spacial score (nSPS) is 17.7. The summed E-state index contributed by atoms with van der Waals surface area (Å²) in [4.78, 5) is 27.8.